The predicted octanol–water partition coefficient (Wildman–Crippen LogP) is 0.148. The van der Waals surface area contributed by atoms with E-state index in [0.717, 1.165) is 5.56 Å². The Morgan fingerprint density at radius 2 is 1.89 bits per heavy atom. The molecule has 1 aromatic rings. The number of sulfone groups is 1. The van der Waals surface area contributed by atoms with E-state index in [4.69, 9.17) is 11.5 Å². The van der Waals surface area contributed by atoms with Gasteiger partial charge in [0.2, 0.25) is 0 Å². The molecule has 0 bridgehead atoms. The molecule has 7 heteroatoms. The van der Waals surface area contributed by atoms with Crippen molar-refractivity contribution in [3.63, 3.8) is 0 Å². The number of hydrogen-bond donors (Lipinski definition) is 3. The largest absolute Gasteiger partial charge is 0.352 e. The molecule has 5 N–H and O–H groups in total. The number of primary amides is 1. The minimum Gasteiger partial charge on any atom is -0.352 e. The summed E-state index contributed by atoms with van der Waals surface area (Å²) in [6.07, 6.45) is 0. The van der Waals surface area contributed by atoms with E-state index in [1.807, 2.05) is 0 Å². The molecule has 0 heterocycles. The first-order valence-electron chi connectivity index (χ1n) is 5.48. The van der Waals surface area contributed by atoms with E-state index in [1.165, 1.54) is 12.1 Å². The summed E-state index contributed by atoms with van der Waals surface area (Å²) >= 11 is 0. The Morgan fingerprint density at radius 3 is 2.33 bits per heavy atom. The molecule has 1 rings (SSSR count). The van der Waals surface area contributed by atoms with Gasteiger partial charge in [0.25, 0.3) is 0 Å². The van der Waals surface area contributed by atoms with Gasteiger partial charge in [-0.3, -0.25) is 0 Å². The van der Waals surface area contributed by atoms with Gasteiger partial charge in [-0.1, -0.05) is 19.1 Å². The van der Waals surface area contributed by atoms with Crippen molar-refractivity contribution in [2.45, 2.75) is 17.9 Å². The van der Waals surface area contributed by atoms with Crippen molar-refractivity contribution in [2.75, 3.05) is 12.3 Å². The minimum atomic E-state index is -3.20. The topological polar surface area (TPSA) is 115 Å². The maximum Gasteiger partial charge on any atom is 0.312 e. The van der Waals surface area contributed by atoms with Crippen LogP contribution in [0.25, 0.3) is 0 Å². The Hall–Kier alpha value is -1.60. The molecular weight excluding hydrogens is 254 g/mol. The summed E-state index contributed by atoms with van der Waals surface area (Å²) in [5.74, 6) is 0.0572. The molecule has 0 fully saturated rings. The third-order valence-electron chi connectivity index (χ3n) is 2.54. The summed E-state index contributed by atoms with van der Waals surface area (Å²) in [4.78, 5) is 10.8. The smallest absolute Gasteiger partial charge is 0.312 e. The number of nitrogens with one attached hydrogen (secondary N) is 1. The fourth-order valence-electron chi connectivity index (χ4n) is 1.42. The van der Waals surface area contributed by atoms with Crippen molar-refractivity contribution in [3.05, 3.63) is 29.8 Å². The van der Waals surface area contributed by atoms with E-state index in [9.17, 15) is 13.2 Å². The second-order valence-electron chi connectivity index (χ2n) is 3.82. The van der Waals surface area contributed by atoms with Crippen molar-refractivity contribution in [1.82, 2.24) is 5.32 Å². The van der Waals surface area contributed by atoms with E-state index in [2.05, 4.69) is 5.32 Å². The van der Waals surface area contributed by atoms with Crippen LogP contribution in [0.15, 0.2) is 29.2 Å². The van der Waals surface area contributed by atoms with Crippen molar-refractivity contribution in [1.29, 1.82) is 0 Å². The third kappa shape index (κ3) is 3.71. The Labute approximate surface area is 106 Å². The molecule has 1 atom stereocenters. The van der Waals surface area contributed by atoms with Crippen LogP contribution in [0, 0.1) is 0 Å². The van der Waals surface area contributed by atoms with Gasteiger partial charge < -0.3 is 16.8 Å². The Balaban J connectivity index is 2.80. The molecule has 0 saturated carbocycles. The molecule has 1 aromatic carbocycles. The predicted molar refractivity (Wildman–Crippen MR) is 68.7 cm³/mol. The van der Waals surface area contributed by atoms with Crippen LogP contribution in [-0.4, -0.2) is 26.7 Å². The van der Waals surface area contributed by atoms with E-state index < -0.39 is 21.9 Å². The van der Waals surface area contributed by atoms with Gasteiger partial charge in [-0.25, -0.2) is 13.2 Å². The SMILES string of the molecule is CCS(=O)(=O)c1ccc(C(N)CNC(N)=O)cc1. The van der Waals surface area contributed by atoms with Crippen LogP contribution in [0.5, 0.6) is 0 Å². The van der Waals surface area contributed by atoms with Crippen LogP contribution >= 0.6 is 0 Å². The van der Waals surface area contributed by atoms with Gasteiger partial charge in [0.15, 0.2) is 9.84 Å². The molecule has 0 saturated heterocycles. The molecular formula is C11H17N3O3S. The quantitative estimate of drug-likeness (QED) is 0.706. The standard InChI is InChI=1S/C11H17N3O3S/c1-2-18(16,17)9-5-3-8(4-6-9)10(12)7-14-11(13)15/h3-6,10H,2,7,12H2,1H3,(H3,13,14,15). The summed E-state index contributed by atoms with van der Waals surface area (Å²) in [5, 5.41) is 2.40. The molecule has 2 amide bonds. The third-order valence-corrected chi connectivity index (χ3v) is 4.29. The highest BCUT2D eigenvalue weighted by Crippen LogP contribution is 2.15. The first kappa shape index (κ1) is 14.5. The van der Waals surface area contributed by atoms with Gasteiger partial charge in [0.1, 0.15) is 0 Å². The first-order chi connectivity index (χ1) is 8.36. The second kappa shape index (κ2) is 5.83. The monoisotopic (exact) mass is 271 g/mol. The summed E-state index contributed by atoms with van der Waals surface area (Å²) in [5.41, 5.74) is 11.5. The van der Waals surface area contributed by atoms with Crippen molar-refractivity contribution < 1.29 is 13.2 Å². The summed E-state index contributed by atoms with van der Waals surface area (Å²) in [7, 11) is -3.20. The fourth-order valence-corrected chi connectivity index (χ4v) is 2.30. The highest BCUT2D eigenvalue weighted by molar-refractivity contribution is 7.91. The Bertz CT molecular complexity index is 511. The van der Waals surface area contributed by atoms with Crippen LogP contribution < -0.4 is 16.8 Å². The van der Waals surface area contributed by atoms with Crippen LogP contribution in [0.3, 0.4) is 0 Å². The average Bonchev–Trinajstić information content (AvgIpc) is 2.36. The maximum absolute atomic E-state index is 11.6. The molecule has 100 valence electrons. The van der Waals surface area contributed by atoms with Gasteiger partial charge in [0.05, 0.1) is 10.6 Å². The molecule has 18 heavy (non-hydrogen) atoms. The van der Waals surface area contributed by atoms with Crippen LogP contribution in [0.4, 0.5) is 4.79 Å². The molecule has 0 aliphatic rings. The van der Waals surface area contributed by atoms with Crippen molar-refractivity contribution in [3.8, 4) is 0 Å². The lowest BCUT2D eigenvalue weighted by Crippen LogP contribution is -2.35. The van der Waals surface area contributed by atoms with Gasteiger partial charge >= 0.3 is 6.03 Å². The van der Waals surface area contributed by atoms with E-state index >= 15 is 0 Å². The number of rotatable bonds is 5. The van der Waals surface area contributed by atoms with Gasteiger partial charge in [-0.05, 0) is 17.7 Å². The minimum absolute atomic E-state index is 0.0572. The lowest BCUT2D eigenvalue weighted by atomic mass is 10.1. The van der Waals surface area contributed by atoms with Gasteiger partial charge in [-0.2, -0.15) is 0 Å². The van der Waals surface area contributed by atoms with Crippen LogP contribution in [0.1, 0.15) is 18.5 Å². The first-order valence-corrected chi connectivity index (χ1v) is 7.13. The number of carbonyl (C=O) groups is 1. The second-order valence-corrected chi connectivity index (χ2v) is 6.10. The molecule has 0 aromatic heterocycles. The summed E-state index contributed by atoms with van der Waals surface area (Å²) < 4.78 is 23.2. The zero-order chi connectivity index (χ0) is 13.8. The van der Waals surface area contributed by atoms with Crippen molar-refractivity contribution in [2.24, 2.45) is 11.5 Å². The zero-order valence-electron chi connectivity index (χ0n) is 10.1. The summed E-state index contributed by atoms with van der Waals surface area (Å²) in [6.45, 7) is 1.79. The molecule has 0 aliphatic carbocycles. The van der Waals surface area contributed by atoms with Crippen LogP contribution in [-0.2, 0) is 9.84 Å². The molecule has 6 nitrogen and oxygen atoms in total. The van der Waals surface area contributed by atoms with E-state index in [1.54, 1.807) is 19.1 Å². The number of nitrogens with two attached hydrogens (primary N) is 2. The lowest BCUT2D eigenvalue weighted by molar-refractivity contribution is 0.248. The highest BCUT2D eigenvalue weighted by Gasteiger charge is 2.12. The maximum atomic E-state index is 11.6. The van der Waals surface area contributed by atoms with E-state index in [-0.39, 0.29) is 17.2 Å². The number of hydrogen-bond acceptors (Lipinski definition) is 4. The lowest BCUT2D eigenvalue weighted by Gasteiger charge is -2.12. The highest BCUT2D eigenvalue weighted by atomic mass is 32.2. The number of amides is 2. The van der Waals surface area contributed by atoms with Crippen LogP contribution in [0.2, 0.25) is 0 Å². The molecule has 0 spiro atoms. The Kier molecular flexibility index (Phi) is 4.69. The summed E-state index contributed by atoms with van der Waals surface area (Å²) in [6, 6.07) is 5.23. The van der Waals surface area contributed by atoms with Gasteiger partial charge in [0, 0.05) is 12.6 Å². The average molecular weight is 271 g/mol. The molecule has 1 unspecified atom stereocenters. The molecule has 0 aliphatic heterocycles. The van der Waals surface area contributed by atoms with E-state index in [0.29, 0.717) is 0 Å². The van der Waals surface area contributed by atoms with Gasteiger partial charge in [-0.15, -0.1) is 0 Å². The zero-order valence-corrected chi connectivity index (χ0v) is 10.9. The normalized spacial score (nSPS) is 13.0. The number of benzene rings is 1. The van der Waals surface area contributed by atoms with Crippen molar-refractivity contribution >= 4 is 15.9 Å². The number of carbonyl (C=O) groups excluding carboxylic acids is 1. The Morgan fingerprint density at radius 1 is 1.33 bits per heavy atom. The number of urea groups is 1. The fraction of sp³-hybridized carbons (Fsp3) is 0.364. The molecule has 0 radical (unpaired) electrons.